The Hall–Kier alpha value is -3.23. The van der Waals surface area contributed by atoms with Crippen LogP contribution in [0.4, 0.5) is 4.79 Å². The van der Waals surface area contributed by atoms with Crippen LogP contribution in [-0.4, -0.2) is 38.3 Å². The normalized spacial score (nSPS) is 15.5. The highest BCUT2D eigenvalue weighted by Gasteiger charge is 2.34. The predicted octanol–water partition coefficient (Wildman–Crippen LogP) is 4.03. The first-order chi connectivity index (χ1) is 15.3. The molecule has 2 N–H and O–H groups in total. The molecule has 2 aromatic rings. The number of hydrogen-bond donors (Lipinski definition) is 2. The quantitative estimate of drug-likeness (QED) is 0.582. The number of halogens is 2. The van der Waals surface area contributed by atoms with Gasteiger partial charge >= 0.3 is 18.0 Å². The second kappa shape index (κ2) is 10.4. The molecule has 8 nitrogen and oxygen atoms in total. The van der Waals surface area contributed by atoms with Crippen LogP contribution in [0, 0.1) is 0 Å². The largest absolute Gasteiger partial charge is 0.497 e. The summed E-state index contributed by atoms with van der Waals surface area (Å²) < 4.78 is 15.7. The van der Waals surface area contributed by atoms with Gasteiger partial charge < -0.3 is 24.8 Å². The second-order valence-electron chi connectivity index (χ2n) is 6.59. The lowest BCUT2D eigenvalue weighted by Crippen LogP contribution is -2.47. The average molecular weight is 479 g/mol. The fourth-order valence-corrected chi connectivity index (χ4v) is 3.48. The van der Waals surface area contributed by atoms with Gasteiger partial charge in [0.1, 0.15) is 12.4 Å². The molecule has 1 aliphatic heterocycles. The summed E-state index contributed by atoms with van der Waals surface area (Å²) in [5.74, 6) is -0.808. The maximum Gasteiger partial charge on any atom is 0.340 e. The molecule has 3 rings (SSSR count). The first-order valence-electron chi connectivity index (χ1n) is 9.58. The number of ether oxygens (including phenoxy) is 3. The smallest absolute Gasteiger partial charge is 0.340 e. The van der Waals surface area contributed by atoms with Crippen molar-refractivity contribution in [2.45, 2.75) is 13.0 Å². The molecule has 0 aliphatic carbocycles. The Labute approximate surface area is 194 Å². The lowest BCUT2D eigenvalue weighted by molar-refractivity contribution is -0.139. The van der Waals surface area contributed by atoms with E-state index >= 15 is 0 Å². The van der Waals surface area contributed by atoms with E-state index in [9.17, 15) is 14.4 Å². The monoisotopic (exact) mass is 478 g/mol. The summed E-state index contributed by atoms with van der Waals surface area (Å²) in [5, 5.41) is 5.47. The Balaban J connectivity index is 1.94. The van der Waals surface area contributed by atoms with Gasteiger partial charge in [-0.2, -0.15) is 0 Å². The van der Waals surface area contributed by atoms with Crippen molar-refractivity contribution >= 4 is 41.2 Å². The molecule has 1 atom stereocenters. The first kappa shape index (κ1) is 23.4. The highest BCUT2D eigenvalue weighted by Crippen LogP contribution is 2.30. The van der Waals surface area contributed by atoms with Gasteiger partial charge in [0.05, 0.1) is 46.6 Å². The van der Waals surface area contributed by atoms with E-state index in [-0.39, 0.29) is 33.5 Å². The Morgan fingerprint density at radius 2 is 1.75 bits per heavy atom. The van der Waals surface area contributed by atoms with Gasteiger partial charge in [0.15, 0.2) is 0 Å². The third kappa shape index (κ3) is 5.15. The lowest BCUT2D eigenvalue weighted by atomic mass is 9.95. The number of carbonyl (C=O) groups excluding carboxylic acids is 3. The standard InChI is InChI=1S/C22H20Cl2N2O6/c1-3-31-21(28)17-16(11-32-20(27)14-5-4-6-15(23)18(14)24)25-22(29)26-19(17)12-7-9-13(30-2)10-8-12/h4-10,19H,3,11H2,1-2H3,(H2,25,26,29). The van der Waals surface area contributed by atoms with E-state index in [1.54, 1.807) is 37.3 Å². The van der Waals surface area contributed by atoms with Gasteiger partial charge in [-0.15, -0.1) is 0 Å². The summed E-state index contributed by atoms with van der Waals surface area (Å²) in [4.78, 5) is 37.6. The molecule has 1 unspecified atom stereocenters. The third-order valence-electron chi connectivity index (χ3n) is 4.62. The number of amides is 2. The van der Waals surface area contributed by atoms with Gasteiger partial charge in [-0.1, -0.05) is 41.4 Å². The van der Waals surface area contributed by atoms with Crippen molar-refractivity contribution in [2.75, 3.05) is 20.3 Å². The molecule has 2 amide bonds. The van der Waals surface area contributed by atoms with Crippen LogP contribution in [0.1, 0.15) is 28.9 Å². The lowest BCUT2D eigenvalue weighted by Gasteiger charge is -2.29. The number of nitrogens with one attached hydrogen (secondary N) is 2. The second-order valence-corrected chi connectivity index (χ2v) is 7.38. The van der Waals surface area contributed by atoms with Crippen LogP contribution in [0.2, 0.25) is 10.0 Å². The summed E-state index contributed by atoms with van der Waals surface area (Å²) in [6.45, 7) is 1.39. The number of urea groups is 1. The zero-order valence-electron chi connectivity index (χ0n) is 17.2. The molecule has 1 heterocycles. The number of carbonyl (C=O) groups is 3. The summed E-state index contributed by atoms with van der Waals surface area (Å²) >= 11 is 12.0. The number of benzene rings is 2. The van der Waals surface area contributed by atoms with E-state index < -0.39 is 30.6 Å². The van der Waals surface area contributed by atoms with Crippen LogP contribution >= 0.6 is 23.2 Å². The molecule has 0 bridgehead atoms. The Kier molecular flexibility index (Phi) is 7.61. The van der Waals surface area contributed by atoms with E-state index in [4.69, 9.17) is 37.4 Å². The van der Waals surface area contributed by atoms with E-state index in [1.807, 2.05) is 0 Å². The predicted molar refractivity (Wildman–Crippen MR) is 118 cm³/mol. The minimum Gasteiger partial charge on any atom is -0.497 e. The summed E-state index contributed by atoms with van der Waals surface area (Å²) in [5.41, 5.74) is 0.885. The minimum absolute atomic E-state index is 0.0456. The van der Waals surface area contributed by atoms with Crippen LogP contribution in [-0.2, 0) is 14.3 Å². The van der Waals surface area contributed by atoms with Crippen molar-refractivity contribution in [1.29, 1.82) is 0 Å². The van der Waals surface area contributed by atoms with Gasteiger partial charge in [0.2, 0.25) is 0 Å². The Morgan fingerprint density at radius 3 is 2.41 bits per heavy atom. The average Bonchev–Trinajstić information content (AvgIpc) is 2.79. The third-order valence-corrected chi connectivity index (χ3v) is 5.44. The van der Waals surface area contributed by atoms with Gasteiger partial charge in [0, 0.05) is 0 Å². The molecule has 32 heavy (non-hydrogen) atoms. The van der Waals surface area contributed by atoms with Crippen molar-refractivity contribution < 1.29 is 28.6 Å². The molecule has 0 saturated heterocycles. The molecule has 168 valence electrons. The molecule has 2 aromatic carbocycles. The maximum atomic E-state index is 12.8. The molecular formula is C22H20Cl2N2O6. The van der Waals surface area contributed by atoms with Gasteiger partial charge in [0.25, 0.3) is 0 Å². The van der Waals surface area contributed by atoms with Gasteiger partial charge in [-0.05, 0) is 36.8 Å². The first-order valence-corrected chi connectivity index (χ1v) is 10.3. The maximum absolute atomic E-state index is 12.8. The molecule has 0 saturated carbocycles. The molecule has 0 radical (unpaired) electrons. The fourth-order valence-electron chi connectivity index (χ4n) is 3.10. The van der Waals surface area contributed by atoms with Crippen LogP contribution < -0.4 is 15.4 Å². The summed E-state index contributed by atoms with van der Waals surface area (Å²) in [6.07, 6.45) is 0. The number of methoxy groups -OCH3 is 1. The highest BCUT2D eigenvalue weighted by atomic mass is 35.5. The van der Waals surface area contributed by atoms with Crippen molar-refractivity contribution in [1.82, 2.24) is 10.6 Å². The molecule has 0 aromatic heterocycles. The molecule has 1 aliphatic rings. The van der Waals surface area contributed by atoms with Crippen LogP contribution in [0.25, 0.3) is 0 Å². The zero-order valence-corrected chi connectivity index (χ0v) is 18.8. The summed E-state index contributed by atoms with van der Waals surface area (Å²) in [7, 11) is 1.53. The van der Waals surface area contributed by atoms with Crippen molar-refractivity contribution in [3.05, 3.63) is 74.9 Å². The van der Waals surface area contributed by atoms with E-state index in [2.05, 4.69) is 10.6 Å². The molecule has 0 spiro atoms. The van der Waals surface area contributed by atoms with Gasteiger partial charge in [-0.25, -0.2) is 14.4 Å². The molecular weight excluding hydrogens is 459 g/mol. The number of hydrogen-bond acceptors (Lipinski definition) is 6. The zero-order chi connectivity index (χ0) is 23.3. The fraction of sp³-hybridized carbons (Fsp3) is 0.227. The Bertz CT molecular complexity index is 1070. The SMILES string of the molecule is CCOC(=O)C1=C(COC(=O)c2cccc(Cl)c2Cl)NC(=O)NC1c1ccc(OC)cc1. The number of esters is 2. The van der Waals surface area contributed by atoms with Crippen molar-refractivity contribution in [3.8, 4) is 5.75 Å². The molecule has 10 heteroatoms. The number of rotatable bonds is 7. The van der Waals surface area contributed by atoms with Crippen LogP contribution in [0.3, 0.4) is 0 Å². The minimum atomic E-state index is -0.822. The van der Waals surface area contributed by atoms with E-state index in [1.165, 1.54) is 19.2 Å². The van der Waals surface area contributed by atoms with E-state index in [0.29, 0.717) is 11.3 Å². The van der Waals surface area contributed by atoms with Crippen LogP contribution in [0.5, 0.6) is 5.75 Å². The van der Waals surface area contributed by atoms with Crippen LogP contribution in [0.15, 0.2) is 53.7 Å². The van der Waals surface area contributed by atoms with Crippen molar-refractivity contribution in [2.24, 2.45) is 0 Å². The summed E-state index contributed by atoms with van der Waals surface area (Å²) in [6, 6.07) is 9.99. The van der Waals surface area contributed by atoms with Crippen molar-refractivity contribution in [3.63, 3.8) is 0 Å². The Morgan fingerprint density at radius 1 is 1.03 bits per heavy atom. The highest BCUT2D eigenvalue weighted by molar-refractivity contribution is 6.43. The topological polar surface area (TPSA) is 103 Å². The van der Waals surface area contributed by atoms with E-state index in [0.717, 1.165) is 0 Å². The molecule has 0 fully saturated rings. The van der Waals surface area contributed by atoms with Gasteiger partial charge in [-0.3, -0.25) is 0 Å².